The Balaban J connectivity index is 1.59. The Hall–Kier alpha value is -2.47. The molecule has 6 heteroatoms. The molecule has 0 saturated heterocycles. The first kappa shape index (κ1) is 18.3. The summed E-state index contributed by atoms with van der Waals surface area (Å²) in [4.78, 5) is 24.2. The van der Waals surface area contributed by atoms with Crippen LogP contribution in [-0.4, -0.2) is 35.4 Å². The zero-order valence-corrected chi connectivity index (χ0v) is 15.3. The maximum Gasteiger partial charge on any atom is 0.316 e. The van der Waals surface area contributed by atoms with Crippen molar-refractivity contribution in [2.45, 2.75) is 29.9 Å². The third kappa shape index (κ3) is 4.38. The number of carbonyl (C=O) groups excluding carboxylic acids is 1. The van der Waals surface area contributed by atoms with Crippen LogP contribution in [0, 0.1) is 0 Å². The zero-order chi connectivity index (χ0) is 18.5. The number of benzene rings is 2. The van der Waals surface area contributed by atoms with Gasteiger partial charge >= 0.3 is 5.97 Å². The maximum atomic E-state index is 12.5. The van der Waals surface area contributed by atoms with Crippen molar-refractivity contribution < 1.29 is 19.4 Å². The van der Waals surface area contributed by atoms with Crippen molar-refractivity contribution in [2.24, 2.45) is 0 Å². The molecule has 1 unspecified atom stereocenters. The molecule has 1 atom stereocenters. The van der Waals surface area contributed by atoms with Crippen LogP contribution in [0.4, 0.5) is 0 Å². The number of rotatable bonds is 7. The second kappa shape index (κ2) is 8.27. The van der Waals surface area contributed by atoms with Crippen LogP contribution in [0.1, 0.15) is 28.4 Å². The van der Waals surface area contributed by atoms with Gasteiger partial charge < -0.3 is 15.2 Å². The lowest BCUT2D eigenvalue weighted by Gasteiger charge is -2.12. The van der Waals surface area contributed by atoms with Gasteiger partial charge in [0, 0.05) is 17.9 Å². The van der Waals surface area contributed by atoms with E-state index in [-0.39, 0.29) is 5.91 Å². The van der Waals surface area contributed by atoms with Crippen LogP contribution in [0.15, 0.2) is 47.4 Å². The SMILES string of the molecule is CC(Sc1ccccc1C(=O)NCCc1ccc2c(c1)CCO2)C(=O)O. The second-order valence-electron chi connectivity index (χ2n) is 6.14. The van der Waals surface area contributed by atoms with Gasteiger partial charge in [0.1, 0.15) is 11.0 Å². The average molecular weight is 371 g/mol. The molecule has 3 rings (SSSR count). The monoisotopic (exact) mass is 371 g/mol. The highest BCUT2D eigenvalue weighted by Gasteiger charge is 2.18. The fraction of sp³-hybridized carbons (Fsp3) is 0.300. The summed E-state index contributed by atoms with van der Waals surface area (Å²) in [6.07, 6.45) is 1.67. The van der Waals surface area contributed by atoms with Crippen LogP contribution in [0.3, 0.4) is 0 Å². The number of hydrogen-bond acceptors (Lipinski definition) is 4. The van der Waals surface area contributed by atoms with E-state index in [1.54, 1.807) is 31.2 Å². The molecule has 0 bridgehead atoms. The van der Waals surface area contributed by atoms with Crippen LogP contribution in [0.5, 0.6) is 5.75 Å². The van der Waals surface area contributed by atoms with Gasteiger partial charge in [-0.3, -0.25) is 9.59 Å². The van der Waals surface area contributed by atoms with Crippen LogP contribution >= 0.6 is 11.8 Å². The van der Waals surface area contributed by atoms with E-state index in [4.69, 9.17) is 9.84 Å². The van der Waals surface area contributed by atoms with E-state index in [2.05, 4.69) is 11.4 Å². The highest BCUT2D eigenvalue weighted by molar-refractivity contribution is 8.00. The molecule has 5 nitrogen and oxygen atoms in total. The molecule has 0 aliphatic carbocycles. The number of carbonyl (C=O) groups is 2. The Labute approximate surface area is 156 Å². The summed E-state index contributed by atoms with van der Waals surface area (Å²) in [5.74, 6) is -0.128. The molecule has 2 aromatic rings. The van der Waals surface area contributed by atoms with Gasteiger partial charge in [0.2, 0.25) is 0 Å². The highest BCUT2D eigenvalue weighted by Crippen LogP contribution is 2.27. The van der Waals surface area contributed by atoms with E-state index in [0.29, 0.717) is 17.0 Å². The number of amides is 1. The second-order valence-corrected chi connectivity index (χ2v) is 7.52. The Kier molecular flexibility index (Phi) is 5.83. The minimum Gasteiger partial charge on any atom is -0.493 e. The first-order valence-electron chi connectivity index (χ1n) is 8.56. The summed E-state index contributed by atoms with van der Waals surface area (Å²) in [6, 6.07) is 13.2. The molecule has 136 valence electrons. The Morgan fingerprint density at radius 1 is 1.27 bits per heavy atom. The van der Waals surface area contributed by atoms with Crippen LogP contribution < -0.4 is 10.1 Å². The van der Waals surface area contributed by atoms with Gasteiger partial charge in [-0.25, -0.2) is 0 Å². The van der Waals surface area contributed by atoms with Crippen molar-refractivity contribution in [1.29, 1.82) is 0 Å². The van der Waals surface area contributed by atoms with Crippen LogP contribution in [0.25, 0.3) is 0 Å². The van der Waals surface area contributed by atoms with E-state index in [9.17, 15) is 9.59 Å². The summed E-state index contributed by atoms with van der Waals surface area (Å²) in [5.41, 5.74) is 2.89. The number of hydrogen-bond donors (Lipinski definition) is 2. The first-order valence-corrected chi connectivity index (χ1v) is 9.44. The van der Waals surface area contributed by atoms with Crippen molar-refractivity contribution in [3.63, 3.8) is 0 Å². The van der Waals surface area contributed by atoms with Gasteiger partial charge in [-0.05, 0) is 42.7 Å². The van der Waals surface area contributed by atoms with E-state index in [1.807, 2.05) is 12.1 Å². The highest BCUT2D eigenvalue weighted by atomic mass is 32.2. The normalized spacial score (nSPS) is 13.6. The zero-order valence-electron chi connectivity index (χ0n) is 14.5. The molecule has 1 amide bonds. The van der Waals surface area contributed by atoms with Gasteiger partial charge in [0.05, 0.1) is 12.2 Å². The lowest BCUT2D eigenvalue weighted by atomic mass is 10.1. The van der Waals surface area contributed by atoms with Crippen molar-refractivity contribution in [1.82, 2.24) is 5.32 Å². The largest absolute Gasteiger partial charge is 0.493 e. The third-order valence-electron chi connectivity index (χ3n) is 4.24. The lowest BCUT2D eigenvalue weighted by molar-refractivity contribution is -0.136. The van der Waals surface area contributed by atoms with E-state index < -0.39 is 11.2 Å². The number of carboxylic acid groups (broad SMARTS) is 1. The van der Waals surface area contributed by atoms with Gasteiger partial charge in [-0.1, -0.05) is 24.3 Å². The smallest absolute Gasteiger partial charge is 0.316 e. The lowest BCUT2D eigenvalue weighted by Crippen LogP contribution is -2.26. The number of ether oxygens (including phenoxy) is 1. The minimum absolute atomic E-state index is 0.185. The summed E-state index contributed by atoms with van der Waals surface area (Å²) < 4.78 is 5.50. The van der Waals surface area contributed by atoms with Crippen molar-refractivity contribution in [2.75, 3.05) is 13.2 Å². The molecule has 0 radical (unpaired) electrons. The molecular formula is C20H21NO4S. The van der Waals surface area contributed by atoms with Gasteiger partial charge in [-0.15, -0.1) is 11.8 Å². The molecule has 1 aliphatic rings. The number of fused-ring (bicyclic) bond motifs is 1. The first-order chi connectivity index (χ1) is 12.5. The number of carboxylic acids is 1. The summed E-state index contributed by atoms with van der Waals surface area (Å²) in [5, 5.41) is 11.4. The Bertz CT molecular complexity index is 821. The van der Waals surface area contributed by atoms with Gasteiger partial charge in [0.25, 0.3) is 5.91 Å². The quantitative estimate of drug-likeness (QED) is 0.731. The van der Waals surface area contributed by atoms with Crippen molar-refractivity contribution in [3.05, 3.63) is 59.2 Å². The molecule has 1 aliphatic heterocycles. The molecule has 0 spiro atoms. The van der Waals surface area contributed by atoms with Gasteiger partial charge in [-0.2, -0.15) is 0 Å². The predicted octanol–water partition coefficient (Wildman–Crippen LogP) is 3.16. The summed E-state index contributed by atoms with van der Waals surface area (Å²) in [7, 11) is 0. The Morgan fingerprint density at radius 2 is 2.08 bits per heavy atom. The predicted molar refractivity (Wildman–Crippen MR) is 101 cm³/mol. The number of thioether (sulfide) groups is 1. The average Bonchev–Trinajstić information content (AvgIpc) is 3.09. The maximum absolute atomic E-state index is 12.5. The van der Waals surface area contributed by atoms with E-state index in [0.717, 1.165) is 30.8 Å². The topological polar surface area (TPSA) is 75.6 Å². The fourth-order valence-electron chi connectivity index (χ4n) is 2.81. The number of nitrogens with one attached hydrogen (secondary N) is 1. The molecule has 0 fully saturated rings. The van der Waals surface area contributed by atoms with Crippen LogP contribution in [-0.2, 0) is 17.6 Å². The van der Waals surface area contributed by atoms with Gasteiger partial charge in [0.15, 0.2) is 0 Å². The molecular weight excluding hydrogens is 350 g/mol. The Morgan fingerprint density at radius 3 is 2.88 bits per heavy atom. The molecule has 26 heavy (non-hydrogen) atoms. The van der Waals surface area contributed by atoms with Crippen molar-refractivity contribution in [3.8, 4) is 5.75 Å². The molecule has 0 saturated carbocycles. The minimum atomic E-state index is -0.897. The summed E-state index contributed by atoms with van der Waals surface area (Å²) >= 11 is 1.18. The van der Waals surface area contributed by atoms with E-state index in [1.165, 1.54) is 17.3 Å². The molecule has 2 N–H and O–H groups in total. The third-order valence-corrected chi connectivity index (χ3v) is 5.40. The molecule has 2 aromatic carbocycles. The van der Waals surface area contributed by atoms with Crippen LogP contribution in [0.2, 0.25) is 0 Å². The molecule has 1 heterocycles. The number of aliphatic carboxylic acids is 1. The standard InChI is InChI=1S/C20H21NO4S/c1-13(20(23)24)26-18-5-3-2-4-16(18)19(22)21-10-8-14-6-7-17-15(12-14)9-11-25-17/h2-7,12-13H,8-11H2,1H3,(H,21,22)(H,23,24). The fourth-order valence-corrected chi connectivity index (χ4v) is 3.74. The molecule has 0 aromatic heterocycles. The van der Waals surface area contributed by atoms with Crippen molar-refractivity contribution >= 4 is 23.6 Å². The van der Waals surface area contributed by atoms with E-state index >= 15 is 0 Å². The summed E-state index contributed by atoms with van der Waals surface area (Å²) in [6.45, 7) is 2.87.